The van der Waals surface area contributed by atoms with E-state index in [1.54, 1.807) is 7.05 Å². The molecule has 0 aliphatic carbocycles. The number of aliphatic carboxylic acids is 1. The van der Waals surface area contributed by atoms with E-state index < -0.39 is 5.97 Å². The fourth-order valence-electron chi connectivity index (χ4n) is 2.49. The average Bonchev–Trinajstić information content (AvgIpc) is 2.61. The van der Waals surface area contributed by atoms with Gasteiger partial charge in [0.05, 0.1) is 12.3 Å². The van der Waals surface area contributed by atoms with Crippen LogP contribution in [-0.2, 0) is 4.79 Å². The number of hydrogen-bond acceptors (Lipinski definition) is 4. The molecule has 0 radical (unpaired) electrons. The van der Waals surface area contributed by atoms with Crippen LogP contribution in [0.4, 0.5) is 0 Å². The normalized spacial score (nSPS) is 11.1. The Labute approximate surface area is 195 Å². The molecule has 0 saturated heterocycles. The molecular weight excluding hydrogens is 357 g/mol. The Morgan fingerprint density at radius 2 is 1.92 bits per heavy atom. The third-order valence-electron chi connectivity index (χ3n) is 3.74. The minimum Gasteiger partial charge on any atom is -0.684 e. The summed E-state index contributed by atoms with van der Waals surface area (Å²) in [7, 11) is 1.60. The van der Waals surface area contributed by atoms with Gasteiger partial charge in [0.15, 0.2) is 0 Å². The Morgan fingerprint density at radius 1 is 1.23 bits per heavy atom. The topological polar surface area (TPSA) is 110 Å². The van der Waals surface area contributed by atoms with Gasteiger partial charge >= 0.3 is 57.4 Å². The van der Waals surface area contributed by atoms with Gasteiger partial charge in [-0.3, -0.25) is 4.79 Å². The minimum atomic E-state index is -0.786. The molecule has 6 nitrogen and oxygen atoms in total. The first-order valence-corrected chi connectivity index (χ1v) is 7.93. The zero-order chi connectivity index (χ0) is 18.2. The number of carbonyl (C=O) groups is 1. The van der Waals surface area contributed by atoms with Gasteiger partial charge in [0.25, 0.3) is 0 Å². The zero-order valence-corrected chi connectivity index (χ0v) is 18.2. The first-order valence-electron chi connectivity index (χ1n) is 7.93. The second-order valence-electron chi connectivity index (χ2n) is 5.52. The van der Waals surface area contributed by atoms with Crippen molar-refractivity contribution in [3.63, 3.8) is 0 Å². The Kier molecular flexibility index (Phi) is 9.69. The van der Waals surface area contributed by atoms with Gasteiger partial charge in [-0.1, -0.05) is 23.9 Å². The molecule has 0 aliphatic rings. The molecule has 0 atom stereocenters. The quantitative estimate of drug-likeness (QED) is 0.398. The van der Waals surface area contributed by atoms with Crippen LogP contribution in [0.1, 0.15) is 24.8 Å². The van der Waals surface area contributed by atoms with Crippen LogP contribution in [0.5, 0.6) is 5.75 Å². The standard InChI is InChI=1S/C19H21N3O3.K/c1-22-19(17(21)12-20)15-6-5-14-11-16(8-7-13(14)10-15)25-9-3-2-4-18(23)24;/h5-8,10-11,20H,2-4,9,21H2,1H3,(H,23,24);/q;+1/p-1. The molecular formula is C19H20KN3O3. The molecule has 0 spiro atoms. The molecule has 2 aromatic rings. The van der Waals surface area contributed by atoms with E-state index in [0.29, 0.717) is 25.1 Å². The summed E-state index contributed by atoms with van der Waals surface area (Å²) in [5.41, 5.74) is 7.04. The van der Waals surface area contributed by atoms with Crippen LogP contribution in [-0.4, -0.2) is 24.7 Å². The van der Waals surface area contributed by atoms with E-state index in [2.05, 4.69) is 5.32 Å². The van der Waals surface area contributed by atoms with Gasteiger partial charge in [-0.2, -0.15) is 5.26 Å². The van der Waals surface area contributed by atoms with Crippen molar-refractivity contribution in [2.45, 2.75) is 19.3 Å². The van der Waals surface area contributed by atoms with Crippen LogP contribution < -0.4 is 61.9 Å². The third-order valence-corrected chi connectivity index (χ3v) is 3.74. The van der Waals surface area contributed by atoms with Crippen LogP contribution in [0.15, 0.2) is 42.1 Å². The van der Waals surface area contributed by atoms with Crippen molar-refractivity contribution in [1.29, 1.82) is 5.26 Å². The van der Waals surface area contributed by atoms with Crippen molar-refractivity contribution in [3.05, 3.63) is 53.0 Å². The number of carboxylic acid groups (broad SMARTS) is 1. The minimum absolute atomic E-state index is 0. The second-order valence-corrected chi connectivity index (χ2v) is 5.52. The summed E-state index contributed by atoms with van der Waals surface area (Å²) in [6.07, 6.45) is 1.46. The van der Waals surface area contributed by atoms with Crippen LogP contribution >= 0.6 is 0 Å². The largest absolute Gasteiger partial charge is 1.00 e. The van der Waals surface area contributed by atoms with Gasteiger partial charge < -0.3 is 20.9 Å². The number of nitrogens with zero attached hydrogens (tertiary/aromatic N) is 2. The summed E-state index contributed by atoms with van der Waals surface area (Å²) in [5, 5.41) is 23.6. The smallest absolute Gasteiger partial charge is 0.684 e. The average molecular weight is 377 g/mol. The van der Waals surface area contributed by atoms with Crippen molar-refractivity contribution >= 4 is 22.4 Å². The van der Waals surface area contributed by atoms with Crippen LogP contribution in [0.2, 0.25) is 0 Å². The maximum absolute atomic E-state index is 10.5. The maximum Gasteiger partial charge on any atom is 1.00 e. The summed E-state index contributed by atoms with van der Waals surface area (Å²) in [4.78, 5) is 10.5. The number of allylic oxidation sites excluding steroid dienone is 1. The molecule has 7 heteroatoms. The first kappa shape index (κ1) is 22.5. The monoisotopic (exact) mass is 377 g/mol. The van der Waals surface area contributed by atoms with Crippen LogP contribution in [0, 0.1) is 11.3 Å². The Morgan fingerprint density at radius 3 is 2.58 bits per heavy atom. The Hall–Kier alpha value is -1.56. The molecule has 130 valence electrons. The van der Waals surface area contributed by atoms with Crippen molar-refractivity contribution in [1.82, 2.24) is 0 Å². The number of carboxylic acids is 1. The first-order chi connectivity index (χ1) is 12.0. The molecule has 3 N–H and O–H groups in total. The van der Waals surface area contributed by atoms with Gasteiger partial charge in [0.1, 0.15) is 11.8 Å². The molecule has 0 heterocycles. The summed E-state index contributed by atoms with van der Waals surface area (Å²) in [6, 6.07) is 13.4. The van der Waals surface area contributed by atoms with E-state index in [1.807, 2.05) is 42.5 Å². The van der Waals surface area contributed by atoms with Gasteiger partial charge in [-0.15, -0.1) is 7.05 Å². The summed E-state index contributed by atoms with van der Waals surface area (Å²) in [5.74, 6) is -0.0474. The van der Waals surface area contributed by atoms with Gasteiger partial charge in [0, 0.05) is 6.42 Å². The number of nitrogens with two attached hydrogens (primary N) is 1. The van der Waals surface area contributed by atoms with E-state index >= 15 is 0 Å². The molecule has 0 saturated carbocycles. The van der Waals surface area contributed by atoms with E-state index in [-0.39, 0.29) is 63.5 Å². The van der Waals surface area contributed by atoms with Crippen LogP contribution in [0.25, 0.3) is 21.8 Å². The molecule has 0 aromatic heterocycles. The number of benzene rings is 2. The molecule has 2 aromatic carbocycles. The van der Waals surface area contributed by atoms with Gasteiger partial charge in [-0.05, 0) is 47.4 Å². The fourth-order valence-corrected chi connectivity index (χ4v) is 2.49. The molecule has 0 aliphatic heterocycles. The number of ether oxygens (including phenoxy) is 1. The van der Waals surface area contributed by atoms with Crippen molar-refractivity contribution in [2.24, 2.45) is 5.73 Å². The third kappa shape index (κ3) is 6.31. The zero-order valence-electron chi connectivity index (χ0n) is 15.0. The van der Waals surface area contributed by atoms with Gasteiger partial charge in [0.2, 0.25) is 0 Å². The number of nitriles is 1. The molecule has 0 fully saturated rings. The number of unbranched alkanes of at least 4 members (excludes halogenated alkanes) is 1. The predicted octanol–water partition coefficient (Wildman–Crippen LogP) is 0.632. The van der Waals surface area contributed by atoms with Crippen molar-refractivity contribution in [2.75, 3.05) is 13.7 Å². The summed E-state index contributed by atoms with van der Waals surface area (Å²) in [6.45, 7) is 0.483. The SMILES string of the molecule is C[N-]/C(=C(\N)C#N)c1ccc2cc(OCCCCC(=O)O)ccc2c1.[K+]. The van der Waals surface area contributed by atoms with Crippen LogP contribution in [0.3, 0.4) is 0 Å². The van der Waals surface area contributed by atoms with E-state index in [4.69, 9.17) is 20.8 Å². The Balaban J connectivity index is 0.00000338. The van der Waals surface area contributed by atoms with Crippen molar-refractivity contribution in [3.8, 4) is 11.8 Å². The Bertz CT molecular complexity index is 844. The van der Waals surface area contributed by atoms with Gasteiger partial charge in [-0.25, -0.2) is 0 Å². The van der Waals surface area contributed by atoms with Crippen molar-refractivity contribution < 1.29 is 66.0 Å². The fraction of sp³-hybridized carbons (Fsp3) is 0.263. The van der Waals surface area contributed by atoms with E-state index in [1.165, 1.54) is 0 Å². The van der Waals surface area contributed by atoms with E-state index in [0.717, 1.165) is 22.1 Å². The molecule has 26 heavy (non-hydrogen) atoms. The molecule has 0 unspecified atom stereocenters. The number of fused-ring (bicyclic) bond motifs is 1. The number of rotatable bonds is 8. The predicted molar refractivity (Wildman–Crippen MR) is 96.9 cm³/mol. The maximum atomic E-state index is 10.5. The molecule has 0 bridgehead atoms. The summed E-state index contributed by atoms with van der Waals surface area (Å²) >= 11 is 0. The second kappa shape index (κ2) is 11.2. The molecule has 0 amide bonds. The number of hydrogen-bond donors (Lipinski definition) is 2. The summed E-state index contributed by atoms with van der Waals surface area (Å²) < 4.78 is 5.67. The molecule has 2 rings (SSSR count). The van der Waals surface area contributed by atoms with E-state index in [9.17, 15) is 4.79 Å².